The third kappa shape index (κ3) is 10.6. The number of aromatic nitrogens is 2. The average Bonchev–Trinajstić information content (AvgIpc) is 3.85. The molecule has 66 heavy (non-hydrogen) atoms. The largest absolute Gasteiger partial charge is 0.444 e. The maximum atomic E-state index is 14.7. The molecule has 2 aromatic heterocycles. The van der Waals surface area contributed by atoms with E-state index >= 15 is 0 Å². The van der Waals surface area contributed by atoms with Gasteiger partial charge < -0.3 is 39.5 Å². The van der Waals surface area contributed by atoms with E-state index in [0.717, 1.165) is 52.7 Å². The van der Waals surface area contributed by atoms with E-state index in [1.54, 1.807) is 66.1 Å². The third-order valence-corrected chi connectivity index (χ3v) is 11.7. The Morgan fingerprint density at radius 2 is 0.924 bits per heavy atom. The molecular formula is C52H48Br2N4O8. The highest BCUT2D eigenvalue weighted by atomic mass is 79.9. The minimum Gasteiger partial charge on any atom is -0.444 e. The fourth-order valence-electron chi connectivity index (χ4n) is 7.93. The number of fused-ring (bicyclic) bond motifs is 4. The van der Waals surface area contributed by atoms with Crippen molar-refractivity contribution in [2.45, 2.75) is 77.7 Å². The molecule has 0 aliphatic heterocycles. The Hall–Kier alpha value is -6.64. The highest BCUT2D eigenvalue weighted by molar-refractivity contribution is 9.10. The first-order valence-electron chi connectivity index (χ1n) is 21.4. The molecule has 2 heterocycles. The number of carbonyl (C=O) groups excluding carboxylic acids is 4. The van der Waals surface area contributed by atoms with Gasteiger partial charge in [-0.05, 0) is 123 Å². The molecule has 0 saturated carbocycles. The van der Waals surface area contributed by atoms with Crippen LogP contribution in [0, 0.1) is 0 Å². The van der Waals surface area contributed by atoms with Crippen LogP contribution in [0.4, 0.5) is 9.59 Å². The number of H-pyrrole nitrogens is 2. The van der Waals surface area contributed by atoms with E-state index < -0.39 is 47.4 Å². The number of hydrogen-bond donors (Lipinski definition) is 4. The Labute approximate surface area is 398 Å². The van der Waals surface area contributed by atoms with Crippen LogP contribution in [0.15, 0.2) is 131 Å². The molecule has 0 aliphatic carbocycles. The standard InChI is InChI=1S/C52H48Br2N4O8/c1-51(2,3)65-49(61)57-41(25-31-27-55-39-13-9-7-11-35(31)39)47(59)63-43-21-15-29-23-33(53)17-19-37(29)45(43)46-38-20-18-34(54)24-30(38)16-22-44(46)64-48(60)42(58-50(62)66-52(4,5)6)26-32-28-56-40-14-10-8-12-36(32)40/h7-24,27-28,41-42,55-56H,25-26H2,1-6H3,(H,57,61)(H,58,62)/t41-,42-/m1/s1. The van der Waals surface area contributed by atoms with Gasteiger partial charge in [-0.25, -0.2) is 19.2 Å². The lowest BCUT2D eigenvalue weighted by atomic mass is 9.92. The number of aromatic amines is 2. The molecule has 0 bridgehead atoms. The molecule has 12 nitrogen and oxygen atoms in total. The maximum Gasteiger partial charge on any atom is 0.408 e. The summed E-state index contributed by atoms with van der Waals surface area (Å²) in [6, 6.07) is 31.4. The Bertz CT molecular complexity index is 2950. The molecule has 6 aromatic carbocycles. The van der Waals surface area contributed by atoms with Gasteiger partial charge in [-0.15, -0.1) is 0 Å². The molecule has 14 heteroatoms. The lowest BCUT2D eigenvalue weighted by molar-refractivity contribution is -0.137. The summed E-state index contributed by atoms with van der Waals surface area (Å²) in [5, 5.41) is 10.2. The topological polar surface area (TPSA) is 161 Å². The smallest absolute Gasteiger partial charge is 0.408 e. The third-order valence-electron chi connectivity index (χ3n) is 10.7. The van der Waals surface area contributed by atoms with E-state index in [9.17, 15) is 19.2 Å². The second-order valence-electron chi connectivity index (χ2n) is 18.0. The van der Waals surface area contributed by atoms with Crippen LogP contribution < -0.4 is 20.1 Å². The molecule has 8 aromatic rings. The van der Waals surface area contributed by atoms with Gasteiger partial charge in [-0.2, -0.15) is 0 Å². The van der Waals surface area contributed by atoms with Crippen molar-refractivity contribution in [2.75, 3.05) is 0 Å². The lowest BCUT2D eigenvalue weighted by Crippen LogP contribution is -2.46. The Morgan fingerprint density at radius 3 is 1.32 bits per heavy atom. The minimum absolute atomic E-state index is 0.0750. The van der Waals surface area contributed by atoms with Gasteiger partial charge in [0.1, 0.15) is 34.8 Å². The van der Waals surface area contributed by atoms with E-state index in [1.165, 1.54) is 0 Å². The predicted octanol–water partition coefficient (Wildman–Crippen LogP) is 12.2. The molecular weight excluding hydrogens is 968 g/mol. The van der Waals surface area contributed by atoms with E-state index in [0.29, 0.717) is 21.9 Å². The lowest BCUT2D eigenvalue weighted by Gasteiger charge is -2.24. The van der Waals surface area contributed by atoms with Crippen molar-refractivity contribution in [1.29, 1.82) is 0 Å². The Balaban J connectivity index is 1.24. The fraction of sp³-hybridized carbons (Fsp3) is 0.231. The van der Waals surface area contributed by atoms with E-state index in [1.807, 2.05) is 97.1 Å². The highest BCUT2D eigenvalue weighted by Crippen LogP contribution is 2.46. The summed E-state index contributed by atoms with van der Waals surface area (Å²) >= 11 is 7.21. The summed E-state index contributed by atoms with van der Waals surface area (Å²) in [5.74, 6) is -1.24. The zero-order chi connectivity index (χ0) is 46.9. The zero-order valence-corrected chi connectivity index (χ0v) is 40.3. The van der Waals surface area contributed by atoms with Gasteiger partial charge in [0.15, 0.2) is 0 Å². The summed E-state index contributed by atoms with van der Waals surface area (Å²) in [7, 11) is 0. The molecule has 0 fully saturated rings. The van der Waals surface area contributed by atoms with Crippen LogP contribution in [0.2, 0.25) is 0 Å². The summed E-state index contributed by atoms with van der Waals surface area (Å²) in [4.78, 5) is 62.6. The number of esters is 2. The molecule has 8 rings (SSSR count). The minimum atomic E-state index is -1.20. The zero-order valence-electron chi connectivity index (χ0n) is 37.1. The van der Waals surface area contributed by atoms with Gasteiger partial charge >= 0.3 is 24.1 Å². The van der Waals surface area contributed by atoms with E-state index in [-0.39, 0.29) is 24.3 Å². The van der Waals surface area contributed by atoms with E-state index in [2.05, 4.69) is 52.5 Å². The highest BCUT2D eigenvalue weighted by Gasteiger charge is 2.32. The second-order valence-corrected chi connectivity index (χ2v) is 19.8. The van der Waals surface area contributed by atoms with Gasteiger partial charge in [0.05, 0.1) is 0 Å². The fourth-order valence-corrected chi connectivity index (χ4v) is 8.69. The molecule has 0 spiro atoms. The average molecular weight is 1020 g/mol. The van der Waals surface area contributed by atoms with Crippen LogP contribution in [0.3, 0.4) is 0 Å². The summed E-state index contributed by atoms with van der Waals surface area (Å²) in [5.41, 5.74) is 2.51. The van der Waals surface area contributed by atoms with Gasteiger partial charge in [-0.3, -0.25) is 0 Å². The number of amides is 2. The van der Waals surface area contributed by atoms with Crippen molar-refractivity contribution in [1.82, 2.24) is 20.6 Å². The molecule has 2 atom stereocenters. The summed E-state index contributed by atoms with van der Waals surface area (Å²) < 4.78 is 25.7. The first-order chi connectivity index (χ1) is 31.4. The van der Waals surface area contributed by atoms with Crippen molar-refractivity contribution in [2.24, 2.45) is 0 Å². The first-order valence-corrected chi connectivity index (χ1v) is 22.9. The number of ether oxygens (including phenoxy) is 4. The SMILES string of the molecule is CC(C)(C)OC(=O)N[C@H](Cc1c[nH]c2ccccc12)C(=O)Oc1ccc2cc(Br)ccc2c1-c1c(OC(=O)[C@@H](Cc2c[nH]c3ccccc23)NC(=O)OC(C)(C)C)ccc2cc(Br)ccc12. The number of nitrogens with one attached hydrogen (secondary N) is 4. The van der Waals surface area contributed by atoms with Crippen molar-refractivity contribution in [3.8, 4) is 22.6 Å². The molecule has 338 valence electrons. The first kappa shape index (κ1) is 45.9. The monoisotopic (exact) mass is 1010 g/mol. The number of benzene rings is 6. The molecule has 0 saturated heterocycles. The summed E-state index contributed by atoms with van der Waals surface area (Å²) in [6.07, 6.45) is 2.18. The van der Waals surface area contributed by atoms with Gasteiger partial charge in [0.25, 0.3) is 0 Å². The van der Waals surface area contributed by atoms with Crippen LogP contribution in [0.5, 0.6) is 11.5 Å². The molecule has 2 amide bonds. The van der Waals surface area contributed by atoms with Crippen LogP contribution in [0.1, 0.15) is 52.7 Å². The van der Waals surface area contributed by atoms with Crippen molar-refractivity contribution < 1.29 is 38.1 Å². The van der Waals surface area contributed by atoms with Crippen molar-refractivity contribution in [3.63, 3.8) is 0 Å². The summed E-state index contributed by atoms with van der Waals surface area (Å²) in [6.45, 7) is 10.4. The van der Waals surface area contributed by atoms with Gasteiger partial charge in [-0.1, -0.05) is 92.5 Å². The van der Waals surface area contributed by atoms with Gasteiger partial charge in [0.2, 0.25) is 0 Å². The van der Waals surface area contributed by atoms with Crippen LogP contribution in [-0.2, 0) is 31.9 Å². The molecule has 0 radical (unpaired) electrons. The number of alkyl carbamates (subject to hydrolysis) is 2. The molecule has 0 unspecified atom stereocenters. The number of halogens is 2. The van der Waals surface area contributed by atoms with Crippen molar-refractivity contribution in [3.05, 3.63) is 142 Å². The molecule has 4 N–H and O–H groups in total. The maximum absolute atomic E-state index is 14.7. The number of carbonyl (C=O) groups is 4. The number of hydrogen-bond acceptors (Lipinski definition) is 8. The van der Waals surface area contributed by atoms with Crippen LogP contribution in [0.25, 0.3) is 54.5 Å². The predicted molar refractivity (Wildman–Crippen MR) is 264 cm³/mol. The van der Waals surface area contributed by atoms with E-state index in [4.69, 9.17) is 18.9 Å². The number of rotatable bonds is 11. The Morgan fingerprint density at radius 1 is 0.530 bits per heavy atom. The second kappa shape index (κ2) is 18.7. The Kier molecular flexibility index (Phi) is 13.0. The normalized spacial score (nSPS) is 12.8. The van der Waals surface area contributed by atoms with Crippen molar-refractivity contribution >= 4 is 99.3 Å². The van der Waals surface area contributed by atoms with Crippen LogP contribution in [-0.4, -0.2) is 57.4 Å². The quantitative estimate of drug-likeness (QED) is 0.0736. The number of para-hydroxylation sites is 2. The molecule has 0 aliphatic rings. The van der Waals surface area contributed by atoms with Crippen LogP contribution >= 0.6 is 31.9 Å². The van der Waals surface area contributed by atoms with Gasteiger partial charge in [0, 0.05) is 67.1 Å².